The molecule has 1 aromatic heterocycles. The zero-order valence-electron chi connectivity index (χ0n) is 8.61. The molecule has 0 saturated carbocycles. The molecule has 0 spiro atoms. The van der Waals surface area contributed by atoms with E-state index in [1.807, 2.05) is 24.3 Å². The summed E-state index contributed by atoms with van der Waals surface area (Å²) in [6.07, 6.45) is 2.02. The van der Waals surface area contributed by atoms with Crippen LogP contribution in [-0.2, 0) is 11.2 Å². The number of nitrogens with one attached hydrogen (secondary N) is 1. The predicted molar refractivity (Wildman–Crippen MR) is 76.3 cm³/mol. The van der Waals surface area contributed by atoms with E-state index in [1.54, 1.807) is 6.20 Å². The van der Waals surface area contributed by atoms with Crippen molar-refractivity contribution in [2.75, 3.05) is 5.32 Å². The number of nitrogens with zero attached hydrogens (tertiary/aromatic N) is 1. The van der Waals surface area contributed by atoms with Gasteiger partial charge in [-0.05, 0) is 33.6 Å². The van der Waals surface area contributed by atoms with Crippen molar-refractivity contribution in [2.45, 2.75) is 6.42 Å². The van der Waals surface area contributed by atoms with E-state index in [0.29, 0.717) is 11.6 Å². The molecule has 0 unspecified atom stereocenters. The molecule has 2 aromatic rings. The molecule has 0 aliphatic carbocycles. The summed E-state index contributed by atoms with van der Waals surface area (Å²) in [5, 5.41) is 3.36. The summed E-state index contributed by atoms with van der Waals surface area (Å²) in [5.74, 6) is -0.0610. The summed E-state index contributed by atoms with van der Waals surface area (Å²) < 4.78 is 1.90. The monoisotopic (exact) mass is 374 g/mol. The van der Waals surface area contributed by atoms with Crippen LogP contribution in [0.2, 0.25) is 0 Å². The largest absolute Gasteiger partial charge is 0.302 e. The van der Waals surface area contributed by atoms with E-state index in [4.69, 9.17) is 0 Å². The van der Waals surface area contributed by atoms with E-state index in [-0.39, 0.29) is 5.91 Å². The van der Waals surface area contributed by atoms with Gasteiger partial charge in [0.2, 0.25) is 5.91 Å². The van der Waals surface area contributed by atoms with Crippen molar-refractivity contribution in [2.24, 2.45) is 0 Å². The standard InChI is InChI=1S/C11H8Br2N2OS/c12-8-3-1-7(2-4-8)5-10(16)15-11-14-6-9(13)17-11/h1-4,6H,5H2,(H,14,15,16). The lowest BCUT2D eigenvalue weighted by Gasteiger charge is -2.01. The normalized spacial score (nSPS) is 10.2. The van der Waals surface area contributed by atoms with Crippen LogP contribution in [0, 0.1) is 0 Å². The van der Waals surface area contributed by atoms with Crippen molar-refractivity contribution < 1.29 is 4.79 Å². The highest BCUT2D eigenvalue weighted by Crippen LogP contribution is 2.23. The maximum absolute atomic E-state index is 11.7. The van der Waals surface area contributed by atoms with E-state index in [2.05, 4.69) is 42.2 Å². The van der Waals surface area contributed by atoms with E-state index in [0.717, 1.165) is 13.8 Å². The first-order chi connectivity index (χ1) is 8.13. The Balaban J connectivity index is 1.95. The molecule has 17 heavy (non-hydrogen) atoms. The van der Waals surface area contributed by atoms with Gasteiger partial charge in [0.05, 0.1) is 16.4 Å². The number of rotatable bonds is 3. The third-order valence-corrected chi connectivity index (χ3v) is 3.92. The number of amides is 1. The lowest BCUT2D eigenvalue weighted by Crippen LogP contribution is -2.13. The molecule has 0 atom stereocenters. The van der Waals surface area contributed by atoms with Gasteiger partial charge in [-0.1, -0.05) is 39.4 Å². The lowest BCUT2D eigenvalue weighted by atomic mass is 10.1. The molecule has 3 nitrogen and oxygen atoms in total. The van der Waals surface area contributed by atoms with E-state index in [9.17, 15) is 4.79 Å². The average Bonchev–Trinajstić information content (AvgIpc) is 2.67. The van der Waals surface area contributed by atoms with Crippen LogP contribution in [0.25, 0.3) is 0 Å². The Labute approximate surface area is 120 Å². The Morgan fingerprint density at radius 3 is 2.59 bits per heavy atom. The summed E-state index contributed by atoms with van der Waals surface area (Å²) >= 11 is 8.05. The minimum Gasteiger partial charge on any atom is -0.302 e. The second-order valence-corrected chi connectivity index (χ2v) is 6.65. The summed E-state index contributed by atoms with van der Waals surface area (Å²) in [7, 11) is 0. The Bertz CT molecular complexity index is 525. The molecular formula is C11H8Br2N2OS. The summed E-state index contributed by atoms with van der Waals surface area (Å²) in [6.45, 7) is 0. The minimum absolute atomic E-state index is 0.0610. The van der Waals surface area contributed by atoms with Gasteiger partial charge in [-0.15, -0.1) is 0 Å². The van der Waals surface area contributed by atoms with Gasteiger partial charge in [-0.25, -0.2) is 4.98 Å². The summed E-state index contributed by atoms with van der Waals surface area (Å²) in [5.41, 5.74) is 0.973. The fourth-order valence-corrected chi connectivity index (χ4v) is 2.65. The SMILES string of the molecule is O=C(Cc1ccc(Br)cc1)Nc1ncc(Br)s1. The van der Waals surface area contributed by atoms with Crippen molar-refractivity contribution in [1.82, 2.24) is 4.98 Å². The highest BCUT2D eigenvalue weighted by molar-refractivity contribution is 9.11. The van der Waals surface area contributed by atoms with Crippen LogP contribution in [0.4, 0.5) is 5.13 Å². The molecule has 0 aliphatic rings. The number of aromatic nitrogens is 1. The zero-order chi connectivity index (χ0) is 12.3. The number of carbonyl (C=O) groups excluding carboxylic acids is 1. The molecule has 2 rings (SSSR count). The number of thiazole rings is 1. The van der Waals surface area contributed by atoms with Crippen LogP contribution in [0.3, 0.4) is 0 Å². The summed E-state index contributed by atoms with van der Waals surface area (Å²) in [4.78, 5) is 15.7. The van der Waals surface area contributed by atoms with Gasteiger partial charge in [0.15, 0.2) is 5.13 Å². The maximum Gasteiger partial charge on any atom is 0.230 e. The molecule has 1 N–H and O–H groups in total. The van der Waals surface area contributed by atoms with Crippen LogP contribution >= 0.6 is 43.2 Å². The van der Waals surface area contributed by atoms with Gasteiger partial charge < -0.3 is 5.32 Å². The molecule has 1 amide bonds. The van der Waals surface area contributed by atoms with E-state index >= 15 is 0 Å². The third-order valence-electron chi connectivity index (χ3n) is 2.00. The van der Waals surface area contributed by atoms with Gasteiger partial charge in [-0.2, -0.15) is 0 Å². The predicted octanol–water partition coefficient (Wildman–Crippen LogP) is 3.85. The van der Waals surface area contributed by atoms with Crippen LogP contribution in [0.5, 0.6) is 0 Å². The number of benzene rings is 1. The molecule has 0 bridgehead atoms. The fraction of sp³-hybridized carbons (Fsp3) is 0.0909. The Morgan fingerprint density at radius 1 is 1.29 bits per heavy atom. The smallest absolute Gasteiger partial charge is 0.230 e. The second-order valence-electron chi connectivity index (χ2n) is 3.32. The Morgan fingerprint density at radius 2 is 2.00 bits per heavy atom. The quantitative estimate of drug-likeness (QED) is 0.885. The number of carbonyl (C=O) groups is 1. The topological polar surface area (TPSA) is 42.0 Å². The van der Waals surface area contributed by atoms with Gasteiger partial charge in [0.25, 0.3) is 0 Å². The van der Waals surface area contributed by atoms with Gasteiger partial charge in [-0.3, -0.25) is 4.79 Å². The van der Waals surface area contributed by atoms with Gasteiger partial charge in [0.1, 0.15) is 0 Å². The van der Waals surface area contributed by atoms with Crippen molar-refractivity contribution in [3.8, 4) is 0 Å². The fourth-order valence-electron chi connectivity index (χ4n) is 1.26. The highest BCUT2D eigenvalue weighted by atomic mass is 79.9. The molecule has 88 valence electrons. The van der Waals surface area contributed by atoms with Crippen LogP contribution in [-0.4, -0.2) is 10.9 Å². The summed E-state index contributed by atoms with van der Waals surface area (Å²) in [6, 6.07) is 7.67. The molecule has 0 fully saturated rings. The van der Waals surface area contributed by atoms with Crippen molar-refractivity contribution in [3.63, 3.8) is 0 Å². The maximum atomic E-state index is 11.7. The zero-order valence-corrected chi connectivity index (χ0v) is 12.6. The first kappa shape index (κ1) is 12.7. The first-order valence-corrected chi connectivity index (χ1v) is 7.19. The molecule has 0 aliphatic heterocycles. The number of halogens is 2. The third kappa shape index (κ3) is 3.90. The van der Waals surface area contributed by atoms with Crippen LogP contribution in [0.1, 0.15) is 5.56 Å². The van der Waals surface area contributed by atoms with Gasteiger partial charge >= 0.3 is 0 Å². The average molecular weight is 376 g/mol. The van der Waals surface area contributed by atoms with E-state index in [1.165, 1.54) is 11.3 Å². The Hall–Kier alpha value is -0.720. The van der Waals surface area contributed by atoms with Crippen molar-refractivity contribution >= 4 is 54.2 Å². The second kappa shape index (κ2) is 5.75. The van der Waals surface area contributed by atoms with Crippen molar-refractivity contribution in [1.29, 1.82) is 0 Å². The number of hydrogen-bond acceptors (Lipinski definition) is 3. The highest BCUT2D eigenvalue weighted by Gasteiger charge is 2.06. The van der Waals surface area contributed by atoms with E-state index < -0.39 is 0 Å². The number of anilines is 1. The van der Waals surface area contributed by atoms with Gasteiger partial charge in [0, 0.05) is 4.47 Å². The molecule has 6 heteroatoms. The lowest BCUT2D eigenvalue weighted by molar-refractivity contribution is -0.115. The molecule has 0 radical (unpaired) electrons. The minimum atomic E-state index is -0.0610. The van der Waals surface area contributed by atoms with Crippen LogP contribution < -0.4 is 5.32 Å². The van der Waals surface area contributed by atoms with Crippen molar-refractivity contribution in [3.05, 3.63) is 44.3 Å². The molecule has 1 aromatic carbocycles. The Kier molecular flexibility index (Phi) is 4.31. The molecule has 0 saturated heterocycles. The molecular weight excluding hydrogens is 368 g/mol. The first-order valence-electron chi connectivity index (χ1n) is 4.79. The molecule has 1 heterocycles. The number of hydrogen-bond donors (Lipinski definition) is 1. The van der Waals surface area contributed by atoms with Crippen LogP contribution in [0.15, 0.2) is 38.7 Å².